The van der Waals surface area contributed by atoms with Crippen LogP contribution in [0.25, 0.3) is 11.2 Å². The van der Waals surface area contributed by atoms with Crippen LogP contribution in [0.5, 0.6) is 0 Å². The first-order valence-electron chi connectivity index (χ1n) is 8.99. The average Bonchev–Trinajstić information content (AvgIpc) is 3.05. The van der Waals surface area contributed by atoms with Crippen LogP contribution < -0.4 is 5.32 Å². The Kier molecular flexibility index (Phi) is 5.08. The number of nitrogens with one attached hydrogen (secondary N) is 1. The predicted octanol–water partition coefficient (Wildman–Crippen LogP) is 4.37. The fourth-order valence-electron chi connectivity index (χ4n) is 3.07. The van der Waals surface area contributed by atoms with E-state index in [1.807, 2.05) is 16.7 Å². The van der Waals surface area contributed by atoms with Crippen molar-refractivity contribution in [2.45, 2.75) is 20.0 Å². The van der Waals surface area contributed by atoms with E-state index in [2.05, 4.69) is 46.5 Å². The third-order valence-corrected chi connectivity index (χ3v) is 4.77. The van der Waals surface area contributed by atoms with Crippen molar-refractivity contribution in [1.82, 2.24) is 19.9 Å². The Labute approximate surface area is 168 Å². The lowest BCUT2D eigenvalue weighted by Crippen LogP contribution is -2.25. The number of imidazole rings is 1. The Bertz CT molecular complexity index is 1130. The van der Waals surface area contributed by atoms with Crippen molar-refractivity contribution in [3.63, 3.8) is 0 Å². The van der Waals surface area contributed by atoms with Gasteiger partial charge in [-0.15, -0.1) is 0 Å². The molecular weight excluding hydrogens is 372 g/mol. The highest BCUT2D eigenvalue weighted by molar-refractivity contribution is 6.30. The van der Waals surface area contributed by atoms with Crippen molar-refractivity contribution < 1.29 is 4.79 Å². The largest absolute Gasteiger partial charge is 0.345 e. The molecule has 140 valence electrons. The minimum atomic E-state index is -0.190. The molecular formula is C22H19ClN4O. The first-order chi connectivity index (χ1) is 13.6. The van der Waals surface area contributed by atoms with Gasteiger partial charge in [0, 0.05) is 16.8 Å². The molecule has 0 aliphatic heterocycles. The predicted molar refractivity (Wildman–Crippen MR) is 110 cm³/mol. The van der Waals surface area contributed by atoms with Gasteiger partial charge in [0.15, 0.2) is 5.65 Å². The van der Waals surface area contributed by atoms with E-state index in [4.69, 9.17) is 11.6 Å². The number of aryl methyl sites for hydroxylation is 1. The van der Waals surface area contributed by atoms with Crippen LogP contribution in [-0.4, -0.2) is 20.4 Å². The van der Waals surface area contributed by atoms with Gasteiger partial charge in [-0.3, -0.25) is 4.79 Å². The second-order valence-electron chi connectivity index (χ2n) is 6.64. The van der Waals surface area contributed by atoms with E-state index in [0.717, 1.165) is 22.6 Å². The summed E-state index contributed by atoms with van der Waals surface area (Å²) in [5, 5.41) is 3.46. The molecule has 5 nitrogen and oxygen atoms in total. The molecule has 1 amide bonds. The van der Waals surface area contributed by atoms with Crippen molar-refractivity contribution >= 4 is 28.7 Å². The summed E-state index contributed by atoms with van der Waals surface area (Å²) in [4.78, 5) is 21.6. The number of halogens is 1. The van der Waals surface area contributed by atoms with Crippen LogP contribution in [0.4, 0.5) is 0 Å². The standard InChI is InChI=1S/C22H19ClN4O/c1-15-7-9-16(10-8-15)14-27-20(26-19-6-3-11-24-21(19)27)13-25-22(28)17-4-2-5-18(23)12-17/h2-12H,13-14H2,1H3,(H,25,28). The van der Waals surface area contributed by atoms with Crippen LogP contribution in [0.3, 0.4) is 0 Å². The molecule has 0 atom stereocenters. The maximum Gasteiger partial charge on any atom is 0.251 e. The molecule has 0 spiro atoms. The molecule has 2 heterocycles. The van der Waals surface area contributed by atoms with E-state index in [1.54, 1.807) is 30.5 Å². The fourth-order valence-corrected chi connectivity index (χ4v) is 3.26. The minimum Gasteiger partial charge on any atom is -0.345 e. The van der Waals surface area contributed by atoms with Gasteiger partial charge in [0.1, 0.15) is 11.3 Å². The molecule has 28 heavy (non-hydrogen) atoms. The Morgan fingerprint density at radius 2 is 1.93 bits per heavy atom. The van der Waals surface area contributed by atoms with Crippen LogP contribution in [0.2, 0.25) is 5.02 Å². The Morgan fingerprint density at radius 3 is 2.71 bits per heavy atom. The lowest BCUT2D eigenvalue weighted by Gasteiger charge is -2.10. The SMILES string of the molecule is Cc1ccc(Cn2c(CNC(=O)c3cccc(Cl)c3)nc3cccnc32)cc1. The number of amides is 1. The molecule has 4 aromatic rings. The normalized spacial score (nSPS) is 10.9. The summed E-state index contributed by atoms with van der Waals surface area (Å²) in [6, 6.07) is 19.0. The molecule has 4 rings (SSSR count). The molecule has 0 aliphatic rings. The first-order valence-corrected chi connectivity index (χ1v) is 9.37. The van der Waals surface area contributed by atoms with Crippen molar-refractivity contribution in [3.05, 3.63) is 94.4 Å². The Balaban J connectivity index is 1.61. The molecule has 0 fully saturated rings. The summed E-state index contributed by atoms with van der Waals surface area (Å²) in [6.45, 7) is 3.00. The Hall–Kier alpha value is -3.18. The number of carbonyl (C=O) groups excluding carboxylic acids is 1. The third kappa shape index (κ3) is 3.89. The molecule has 0 radical (unpaired) electrons. The number of hydrogen-bond donors (Lipinski definition) is 1. The molecule has 0 aliphatic carbocycles. The van der Waals surface area contributed by atoms with E-state index in [1.165, 1.54) is 5.56 Å². The first kappa shape index (κ1) is 18.2. The average molecular weight is 391 g/mol. The number of rotatable bonds is 5. The fraction of sp³-hybridized carbons (Fsp3) is 0.136. The minimum absolute atomic E-state index is 0.190. The molecule has 0 bridgehead atoms. The van der Waals surface area contributed by atoms with Crippen LogP contribution in [0.1, 0.15) is 27.3 Å². The monoisotopic (exact) mass is 390 g/mol. The molecule has 1 N–H and O–H groups in total. The Morgan fingerprint density at radius 1 is 1.11 bits per heavy atom. The summed E-state index contributed by atoms with van der Waals surface area (Å²) in [5.74, 6) is 0.564. The van der Waals surface area contributed by atoms with Crippen LogP contribution in [-0.2, 0) is 13.1 Å². The van der Waals surface area contributed by atoms with Crippen molar-refractivity contribution in [2.24, 2.45) is 0 Å². The van der Waals surface area contributed by atoms with Gasteiger partial charge in [-0.05, 0) is 42.8 Å². The zero-order valence-electron chi connectivity index (χ0n) is 15.4. The number of nitrogens with zero attached hydrogens (tertiary/aromatic N) is 3. The topological polar surface area (TPSA) is 59.8 Å². The number of carbonyl (C=O) groups is 1. The van der Waals surface area contributed by atoms with Gasteiger partial charge in [-0.2, -0.15) is 0 Å². The maximum atomic E-state index is 12.5. The van der Waals surface area contributed by atoms with E-state index in [9.17, 15) is 4.79 Å². The van der Waals surface area contributed by atoms with Gasteiger partial charge < -0.3 is 9.88 Å². The smallest absolute Gasteiger partial charge is 0.251 e. The number of pyridine rings is 1. The van der Waals surface area contributed by atoms with Gasteiger partial charge >= 0.3 is 0 Å². The molecule has 2 aromatic heterocycles. The zero-order valence-corrected chi connectivity index (χ0v) is 16.1. The van der Waals surface area contributed by atoms with Crippen LogP contribution >= 0.6 is 11.6 Å². The highest BCUT2D eigenvalue weighted by atomic mass is 35.5. The molecule has 0 saturated heterocycles. The van der Waals surface area contributed by atoms with E-state index >= 15 is 0 Å². The number of fused-ring (bicyclic) bond motifs is 1. The van der Waals surface area contributed by atoms with Crippen LogP contribution in [0.15, 0.2) is 66.9 Å². The van der Waals surface area contributed by atoms with Gasteiger partial charge in [0.2, 0.25) is 0 Å². The van der Waals surface area contributed by atoms with Crippen molar-refractivity contribution in [2.75, 3.05) is 0 Å². The zero-order chi connectivity index (χ0) is 19.5. The third-order valence-electron chi connectivity index (χ3n) is 4.54. The van der Waals surface area contributed by atoms with E-state index in [-0.39, 0.29) is 5.91 Å². The van der Waals surface area contributed by atoms with Gasteiger partial charge in [0.25, 0.3) is 5.91 Å². The van der Waals surface area contributed by atoms with Gasteiger partial charge in [-0.25, -0.2) is 9.97 Å². The van der Waals surface area contributed by atoms with Gasteiger partial charge in [0.05, 0.1) is 13.1 Å². The van der Waals surface area contributed by atoms with E-state index in [0.29, 0.717) is 23.7 Å². The number of benzene rings is 2. The quantitative estimate of drug-likeness (QED) is 0.550. The molecule has 0 saturated carbocycles. The van der Waals surface area contributed by atoms with Crippen molar-refractivity contribution in [3.8, 4) is 0 Å². The lowest BCUT2D eigenvalue weighted by atomic mass is 10.1. The summed E-state index contributed by atoms with van der Waals surface area (Å²) in [5.41, 5.74) is 4.49. The molecule has 0 unspecified atom stereocenters. The maximum absolute atomic E-state index is 12.5. The highest BCUT2D eigenvalue weighted by Crippen LogP contribution is 2.17. The van der Waals surface area contributed by atoms with E-state index < -0.39 is 0 Å². The molecule has 6 heteroatoms. The summed E-state index contributed by atoms with van der Waals surface area (Å²) in [6.07, 6.45) is 1.75. The second-order valence-corrected chi connectivity index (χ2v) is 7.08. The highest BCUT2D eigenvalue weighted by Gasteiger charge is 2.14. The molecule has 2 aromatic carbocycles. The number of hydrogen-bond acceptors (Lipinski definition) is 3. The van der Waals surface area contributed by atoms with Crippen molar-refractivity contribution in [1.29, 1.82) is 0 Å². The lowest BCUT2D eigenvalue weighted by molar-refractivity contribution is 0.0949. The summed E-state index contributed by atoms with van der Waals surface area (Å²) >= 11 is 5.98. The summed E-state index contributed by atoms with van der Waals surface area (Å²) < 4.78 is 2.04. The number of aromatic nitrogens is 3. The van der Waals surface area contributed by atoms with Gasteiger partial charge in [-0.1, -0.05) is 47.5 Å². The second kappa shape index (κ2) is 7.82. The summed E-state index contributed by atoms with van der Waals surface area (Å²) in [7, 11) is 0. The van der Waals surface area contributed by atoms with Crippen LogP contribution in [0, 0.1) is 6.92 Å².